The van der Waals surface area contributed by atoms with Gasteiger partial charge in [-0.15, -0.1) is 0 Å². The Labute approximate surface area is 130 Å². The second-order valence-corrected chi connectivity index (χ2v) is 7.12. The molecule has 2 atom stereocenters. The van der Waals surface area contributed by atoms with E-state index >= 15 is 0 Å². The fourth-order valence-electron chi connectivity index (χ4n) is 2.19. The maximum atomic E-state index is 12.1. The fourth-order valence-corrected chi connectivity index (χ4v) is 4.77. The van der Waals surface area contributed by atoms with Gasteiger partial charge in [-0.05, 0) is 0 Å². The zero-order chi connectivity index (χ0) is 15.2. The van der Waals surface area contributed by atoms with Crippen molar-refractivity contribution in [2.75, 3.05) is 6.54 Å². The molecule has 1 heterocycles. The normalized spacial score (nSPS) is 21.0. The number of hydrogen-bond acceptors (Lipinski definition) is 3. The van der Waals surface area contributed by atoms with Gasteiger partial charge in [0.2, 0.25) is 0 Å². The molecule has 5 heteroatoms. The fraction of sp³-hybridized carbons (Fsp3) is 0.312. The molecule has 1 aliphatic heterocycles. The molecule has 0 bridgehead atoms. The van der Waals surface area contributed by atoms with E-state index in [1.54, 1.807) is 11.0 Å². The van der Waals surface area contributed by atoms with Gasteiger partial charge in [-0.3, -0.25) is 0 Å². The van der Waals surface area contributed by atoms with Gasteiger partial charge >= 0.3 is 130 Å². The second kappa shape index (κ2) is 7.28. The molecule has 1 aromatic carbocycles. The zero-order valence-corrected chi connectivity index (χ0v) is 13.5. The van der Waals surface area contributed by atoms with Crippen molar-refractivity contribution in [1.82, 2.24) is 4.90 Å². The van der Waals surface area contributed by atoms with Crippen molar-refractivity contribution in [2.45, 2.75) is 24.4 Å². The summed E-state index contributed by atoms with van der Waals surface area (Å²) < 4.78 is 6.52. The third kappa shape index (κ3) is 4.08. The van der Waals surface area contributed by atoms with E-state index in [1.807, 2.05) is 30.3 Å². The third-order valence-electron chi connectivity index (χ3n) is 3.07. The SMILES string of the molecule is C=C=CCN1C(=O)C[C@H](OC(C)=O)C1[Se]c1ccccc1. The number of rotatable bonds is 5. The van der Waals surface area contributed by atoms with E-state index < -0.39 is 0 Å². The summed E-state index contributed by atoms with van der Waals surface area (Å²) in [6.07, 6.45) is 1.61. The molecule has 1 unspecified atom stereocenters. The predicted octanol–water partition coefficient (Wildman–Crippen LogP) is 0.847. The Morgan fingerprint density at radius 3 is 2.86 bits per heavy atom. The van der Waals surface area contributed by atoms with Crippen LogP contribution in [0, 0.1) is 0 Å². The molecule has 1 aliphatic rings. The number of ether oxygens (including phenoxy) is 1. The molecule has 110 valence electrons. The van der Waals surface area contributed by atoms with Gasteiger partial charge in [-0.25, -0.2) is 0 Å². The molecule has 0 N–H and O–H groups in total. The van der Waals surface area contributed by atoms with Gasteiger partial charge in [0.05, 0.1) is 0 Å². The summed E-state index contributed by atoms with van der Waals surface area (Å²) >= 11 is 0.0164. The zero-order valence-electron chi connectivity index (χ0n) is 11.8. The summed E-state index contributed by atoms with van der Waals surface area (Å²) in [5.41, 5.74) is 2.69. The van der Waals surface area contributed by atoms with E-state index in [-0.39, 0.29) is 44.3 Å². The molecule has 0 saturated carbocycles. The minimum absolute atomic E-state index is 0.00977. The number of likely N-dealkylation sites (tertiary alicyclic amines) is 1. The first-order valence-corrected chi connectivity index (χ1v) is 8.49. The molecule has 0 radical (unpaired) electrons. The Morgan fingerprint density at radius 1 is 1.52 bits per heavy atom. The molecule has 21 heavy (non-hydrogen) atoms. The van der Waals surface area contributed by atoms with Gasteiger partial charge in [-0.2, -0.15) is 0 Å². The molecule has 1 fully saturated rings. The van der Waals surface area contributed by atoms with E-state index in [0.29, 0.717) is 6.54 Å². The van der Waals surface area contributed by atoms with E-state index in [4.69, 9.17) is 4.74 Å². The third-order valence-corrected chi connectivity index (χ3v) is 5.89. The van der Waals surface area contributed by atoms with Crippen LogP contribution in [0.3, 0.4) is 0 Å². The van der Waals surface area contributed by atoms with Crippen LogP contribution in [-0.2, 0) is 14.3 Å². The van der Waals surface area contributed by atoms with E-state index in [0.717, 1.165) is 0 Å². The first-order valence-electron chi connectivity index (χ1n) is 6.64. The summed E-state index contributed by atoms with van der Waals surface area (Å²) in [4.78, 5) is 25.1. The number of carbonyl (C=O) groups excluding carboxylic acids is 2. The van der Waals surface area contributed by atoms with Crippen molar-refractivity contribution in [3.63, 3.8) is 0 Å². The van der Waals surface area contributed by atoms with Crippen molar-refractivity contribution in [1.29, 1.82) is 0 Å². The van der Waals surface area contributed by atoms with Gasteiger partial charge in [-0.1, -0.05) is 0 Å². The van der Waals surface area contributed by atoms with Crippen molar-refractivity contribution in [2.24, 2.45) is 0 Å². The van der Waals surface area contributed by atoms with Crippen LogP contribution in [0.2, 0.25) is 0 Å². The number of hydrogen-bond donors (Lipinski definition) is 0. The van der Waals surface area contributed by atoms with Crippen LogP contribution >= 0.6 is 0 Å². The van der Waals surface area contributed by atoms with Gasteiger partial charge in [0.15, 0.2) is 0 Å². The molecular weight excluding hydrogens is 333 g/mol. The van der Waals surface area contributed by atoms with E-state index in [1.165, 1.54) is 11.4 Å². The molecule has 0 spiro atoms. The number of benzene rings is 1. The van der Waals surface area contributed by atoms with E-state index in [9.17, 15) is 9.59 Å². The molecule has 2 rings (SSSR count). The quantitative estimate of drug-likeness (QED) is 0.449. The van der Waals surface area contributed by atoms with Crippen LogP contribution in [0.4, 0.5) is 0 Å². The molecule has 1 aromatic rings. The topological polar surface area (TPSA) is 46.6 Å². The number of carbonyl (C=O) groups is 2. The minimum atomic E-state index is -0.367. The standard InChI is InChI=1S/C16H17NO3Se/c1-3-4-10-17-15(19)11-14(20-12(2)18)16(17)21-13-8-6-5-7-9-13/h4-9,14,16H,1,10-11H2,2H3/t14-,16?/m0/s1. The van der Waals surface area contributed by atoms with Crippen LogP contribution in [0.25, 0.3) is 0 Å². The Balaban J connectivity index is 2.20. The van der Waals surface area contributed by atoms with Crippen LogP contribution in [0.1, 0.15) is 13.3 Å². The van der Waals surface area contributed by atoms with Crippen LogP contribution in [0.15, 0.2) is 48.7 Å². The van der Waals surface area contributed by atoms with E-state index in [2.05, 4.69) is 12.3 Å². The number of nitrogens with zero attached hydrogens (tertiary/aromatic N) is 1. The monoisotopic (exact) mass is 351 g/mol. The maximum absolute atomic E-state index is 12.1. The molecule has 0 aromatic heterocycles. The predicted molar refractivity (Wildman–Crippen MR) is 81.2 cm³/mol. The molecule has 0 aliphatic carbocycles. The van der Waals surface area contributed by atoms with Gasteiger partial charge in [0, 0.05) is 0 Å². The molecule has 1 saturated heterocycles. The summed E-state index contributed by atoms with van der Waals surface area (Å²) in [6, 6.07) is 9.98. The number of amides is 1. The first kappa shape index (κ1) is 15.6. The van der Waals surface area contributed by atoms with Crippen molar-refractivity contribution >= 4 is 31.3 Å². The van der Waals surface area contributed by atoms with Gasteiger partial charge < -0.3 is 0 Å². The Kier molecular flexibility index (Phi) is 5.40. The van der Waals surface area contributed by atoms with Crippen LogP contribution in [-0.4, -0.2) is 49.3 Å². The Bertz CT molecular complexity index is 566. The van der Waals surface area contributed by atoms with Crippen molar-refractivity contribution < 1.29 is 14.3 Å². The number of esters is 1. The van der Waals surface area contributed by atoms with Crippen molar-refractivity contribution in [3.05, 3.63) is 48.7 Å². The van der Waals surface area contributed by atoms with Gasteiger partial charge in [0.1, 0.15) is 0 Å². The molecule has 1 amide bonds. The van der Waals surface area contributed by atoms with Crippen LogP contribution < -0.4 is 4.46 Å². The molecule has 4 nitrogen and oxygen atoms in total. The average Bonchev–Trinajstić information content (AvgIpc) is 2.73. The summed E-state index contributed by atoms with van der Waals surface area (Å²) in [5.74, 6) is -0.335. The summed E-state index contributed by atoms with van der Waals surface area (Å²) in [6.45, 7) is 5.36. The second-order valence-electron chi connectivity index (χ2n) is 4.63. The van der Waals surface area contributed by atoms with Crippen molar-refractivity contribution in [3.8, 4) is 0 Å². The average molecular weight is 350 g/mol. The van der Waals surface area contributed by atoms with Gasteiger partial charge in [0.25, 0.3) is 0 Å². The summed E-state index contributed by atoms with van der Waals surface area (Å²) in [5, 5.41) is 0. The first-order chi connectivity index (χ1) is 10.1. The van der Waals surface area contributed by atoms with Crippen LogP contribution in [0.5, 0.6) is 0 Å². The molecular formula is C16H17NO3Se. The Morgan fingerprint density at radius 2 is 2.24 bits per heavy atom. The Hall–Kier alpha value is -1.80. The summed E-state index contributed by atoms with van der Waals surface area (Å²) in [7, 11) is 0.